The largest absolute Gasteiger partial charge is 0.573 e. The van der Waals surface area contributed by atoms with E-state index >= 15 is 0 Å². The van der Waals surface area contributed by atoms with Crippen LogP contribution in [-0.2, 0) is 5.41 Å². The number of alkyl halides is 3. The third-order valence-electron chi connectivity index (χ3n) is 4.26. The van der Waals surface area contributed by atoms with Crippen molar-refractivity contribution in [1.82, 2.24) is 9.97 Å². The summed E-state index contributed by atoms with van der Waals surface area (Å²) >= 11 is 0. The van der Waals surface area contributed by atoms with Crippen molar-refractivity contribution < 1.29 is 23.0 Å². The highest BCUT2D eigenvalue weighted by atomic mass is 19.4. The molecular formula is C16H15F3N2O2. The van der Waals surface area contributed by atoms with Gasteiger partial charge in [-0.3, -0.25) is 0 Å². The van der Waals surface area contributed by atoms with Crippen LogP contribution in [-0.4, -0.2) is 21.4 Å². The molecule has 1 aliphatic carbocycles. The molecule has 1 heterocycles. The Morgan fingerprint density at radius 3 is 2.17 bits per heavy atom. The average Bonchev–Trinajstić information content (AvgIpc) is 2.47. The van der Waals surface area contributed by atoms with Crippen molar-refractivity contribution in [2.45, 2.75) is 37.1 Å². The molecule has 1 aromatic heterocycles. The van der Waals surface area contributed by atoms with Gasteiger partial charge in [0.15, 0.2) is 5.82 Å². The lowest BCUT2D eigenvalue weighted by Gasteiger charge is -2.45. The minimum atomic E-state index is -4.72. The molecule has 2 aromatic rings. The second-order valence-corrected chi connectivity index (χ2v) is 5.59. The maximum Gasteiger partial charge on any atom is 0.573 e. The molecule has 0 spiro atoms. The number of hydrogen-bond acceptors (Lipinski definition) is 4. The van der Waals surface area contributed by atoms with Crippen molar-refractivity contribution in [3.63, 3.8) is 0 Å². The first-order chi connectivity index (χ1) is 10.9. The molecule has 1 saturated carbocycles. The predicted octanol–water partition coefficient (Wildman–Crippen LogP) is 3.53. The number of hydrogen-bond donors (Lipinski definition) is 1. The third-order valence-corrected chi connectivity index (χ3v) is 4.26. The van der Waals surface area contributed by atoms with Crippen LogP contribution < -0.4 is 4.74 Å². The molecular weight excluding hydrogens is 309 g/mol. The van der Waals surface area contributed by atoms with E-state index in [1.165, 1.54) is 12.1 Å². The van der Waals surface area contributed by atoms with Gasteiger partial charge in [0.25, 0.3) is 0 Å². The molecule has 1 aliphatic rings. The zero-order valence-corrected chi connectivity index (χ0v) is 12.1. The maximum atomic E-state index is 12.2. The van der Waals surface area contributed by atoms with Gasteiger partial charge in [-0.05, 0) is 36.6 Å². The van der Waals surface area contributed by atoms with E-state index in [0.29, 0.717) is 5.82 Å². The van der Waals surface area contributed by atoms with Gasteiger partial charge >= 0.3 is 6.36 Å². The van der Waals surface area contributed by atoms with Crippen LogP contribution in [0.1, 0.15) is 36.8 Å². The fourth-order valence-corrected chi connectivity index (χ4v) is 2.97. The second-order valence-electron chi connectivity index (χ2n) is 5.59. The number of aromatic nitrogens is 2. The highest BCUT2D eigenvalue weighted by molar-refractivity contribution is 5.36. The van der Waals surface area contributed by atoms with Gasteiger partial charge in [0.2, 0.25) is 0 Å². The summed E-state index contributed by atoms with van der Waals surface area (Å²) in [6, 6.07) is 7.31. The molecule has 23 heavy (non-hydrogen) atoms. The number of ether oxygens (including phenoxy) is 1. The SMILES string of the molecule is OC(c1ncccn1)C1(c2ccc(OC(F)(F)F)cc2)CCC1. The zero-order valence-electron chi connectivity index (χ0n) is 12.1. The van der Waals surface area contributed by atoms with Crippen LogP contribution in [0.25, 0.3) is 0 Å². The first-order valence-corrected chi connectivity index (χ1v) is 7.22. The lowest BCUT2D eigenvalue weighted by atomic mass is 9.61. The number of halogens is 3. The van der Waals surface area contributed by atoms with E-state index in [9.17, 15) is 18.3 Å². The molecule has 0 saturated heterocycles. The molecule has 1 atom stereocenters. The first-order valence-electron chi connectivity index (χ1n) is 7.22. The van der Waals surface area contributed by atoms with Gasteiger partial charge in [0.1, 0.15) is 11.9 Å². The summed E-state index contributed by atoms with van der Waals surface area (Å²) in [7, 11) is 0. The van der Waals surface area contributed by atoms with Gasteiger partial charge in [-0.25, -0.2) is 9.97 Å². The Morgan fingerprint density at radius 1 is 1.09 bits per heavy atom. The summed E-state index contributed by atoms with van der Waals surface area (Å²) in [5.74, 6) is 0.0454. The molecule has 122 valence electrons. The van der Waals surface area contributed by atoms with E-state index < -0.39 is 17.9 Å². The van der Waals surface area contributed by atoms with Gasteiger partial charge < -0.3 is 9.84 Å². The average molecular weight is 324 g/mol. The van der Waals surface area contributed by atoms with E-state index in [-0.39, 0.29) is 5.75 Å². The first kappa shape index (κ1) is 15.7. The molecule has 3 rings (SSSR count). The van der Waals surface area contributed by atoms with E-state index in [4.69, 9.17) is 0 Å². The highest BCUT2D eigenvalue weighted by Gasteiger charge is 2.46. The fourth-order valence-electron chi connectivity index (χ4n) is 2.97. The van der Waals surface area contributed by atoms with Crippen molar-refractivity contribution in [3.05, 3.63) is 54.1 Å². The van der Waals surface area contributed by atoms with Crippen LogP contribution >= 0.6 is 0 Å². The quantitative estimate of drug-likeness (QED) is 0.935. The van der Waals surface area contributed by atoms with Crippen LogP contribution in [0.2, 0.25) is 0 Å². The molecule has 1 fully saturated rings. The minimum absolute atomic E-state index is 0.277. The van der Waals surface area contributed by atoms with Gasteiger partial charge in [0.05, 0.1) is 0 Å². The topological polar surface area (TPSA) is 55.2 Å². The Labute approximate surface area is 131 Å². The minimum Gasteiger partial charge on any atom is -0.406 e. The number of rotatable bonds is 4. The summed E-state index contributed by atoms with van der Waals surface area (Å²) in [6.45, 7) is 0. The van der Waals surface area contributed by atoms with Crippen molar-refractivity contribution in [2.24, 2.45) is 0 Å². The Kier molecular flexibility index (Phi) is 3.97. The van der Waals surface area contributed by atoms with Crippen LogP contribution in [0.15, 0.2) is 42.7 Å². The van der Waals surface area contributed by atoms with Gasteiger partial charge in [-0.2, -0.15) is 0 Å². The van der Waals surface area contributed by atoms with Crippen molar-refractivity contribution in [3.8, 4) is 5.75 Å². The Bertz CT molecular complexity index is 655. The maximum absolute atomic E-state index is 12.2. The molecule has 1 N–H and O–H groups in total. The fraction of sp³-hybridized carbons (Fsp3) is 0.375. The highest BCUT2D eigenvalue weighted by Crippen LogP contribution is 2.51. The Hall–Kier alpha value is -2.15. The summed E-state index contributed by atoms with van der Waals surface area (Å²) in [4.78, 5) is 8.17. The molecule has 4 nitrogen and oxygen atoms in total. The standard InChI is InChI=1S/C16H15F3N2O2/c17-16(18,19)23-12-5-3-11(4-6-12)15(7-1-8-15)13(22)14-20-9-2-10-21-14/h2-6,9-10,13,22H,1,7-8H2. The smallest absolute Gasteiger partial charge is 0.406 e. The van der Waals surface area contributed by atoms with E-state index in [0.717, 1.165) is 24.8 Å². The molecule has 0 radical (unpaired) electrons. The van der Waals surface area contributed by atoms with E-state index in [2.05, 4.69) is 14.7 Å². The molecule has 1 unspecified atom stereocenters. The molecule has 0 bridgehead atoms. The van der Waals surface area contributed by atoms with Crippen molar-refractivity contribution >= 4 is 0 Å². The van der Waals surface area contributed by atoms with E-state index in [1.54, 1.807) is 30.6 Å². The number of aliphatic hydroxyl groups is 1. The Balaban J connectivity index is 1.86. The van der Waals surface area contributed by atoms with Gasteiger partial charge in [0, 0.05) is 17.8 Å². The summed E-state index contributed by atoms with van der Waals surface area (Å²) in [6.07, 6.45) is -0.113. The lowest BCUT2D eigenvalue weighted by Crippen LogP contribution is -2.41. The summed E-state index contributed by atoms with van der Waals surface area (Å²) < 4.78 is 40.6. The van der Waals surface area contributed by atoms with Gasteiger partial charge in [-0.1, -0.05) is 18.6 Å². The van der Waals surface area contributed by atoms with Crippen LogP contribution in [0, 0.1) is 0 Å². The third kappa shape index (κ3) is 3.14. The normalized spacial score (nSPS) is 18.1. The Morgan fingerprint density at radius 2 is 1.70 bits per heavy atom. The summed E-state index contributed by atoms with van der Waals surface area (Å²) in [5, 5.41) is 10.7. The predicted molar refractivity (Wildman–Crippen MR) is 75.6 cm³/mol. The number of aliphatic hydroxyl groups excluding tert-OH is 1. The molecule has 1 aromatic carbocycles. The van der Waals surface area contributed by atoms with Crippen molar-refractivity contribution in [1.29, 1.82) is 0 Å². The molecule has 0 amide bonds. The van der Waals surface area contributed by atoms with Crippen LogP contribution in [0.4, 0.5) is 13.2 Å². The number of benzene rings is 1. The molecule has 7 heteroatoms. The second kappa shape index (κ2) is 5.81. The van der Waals surface area contributed by atoms with Crippen LogP contribution in [0.3, 0.4) is 0 Å². The monoisotopic (exact) mass is 324 g/mol. The lowest BCUT2D eigenvalue weighted by molar-refractivity contribution is -0.274. The van der Waals surface area contributed by atoms with Gasteiger partial charge in [-0.15, -0.1) is 13.2 Å². The molecule has 0 aliphatic heterocycles. The number of nitrogens with zero attached hydrogens (tertiary/aromatic N) is 2. The van der Waals surface area contributed by atoms with E-state index in [1.807, 2.05) is 0 Å². The van der Waals surface area contributed by atoms with Crippen LogP contribution in [0.5, 0.6) is 5.75 Å². The summed E-state index contributed by atoms with van der Waals surface area (Å²) in [5.41, 5.74) is 0.205. The zero-order chi connectivity index (χ0) is 16.5. The van der Waals surface area contributed by atoms with Crippen molar-refractivity contribution in [2.75, 3.05) is 0 Å².